The second kappa shape index (κ2) is 8.21. The number of aryl methyl sites for hydroxylation is 1. The molecule has 0 saturated heterocycles. The lowest BCUT2D eigenvalue weighted by Crippen LogP contribution is -2.29. The Morgan fingerprint density at radius 2 is 2.14 bits per heavy atom. The Balaban J connectivity index is 1.97. The van der Waals surface area contributed by atoms with Crippen molar-refractivity contribution in [1.29, 1.82) is 0 Å². The summed E-state index contributed by atoms with van der Waals surface area (Å²) in [5, 5.41) is 14.0. The number of aromatic amines is 1. The Labute approximate surface area is 166 Å². The molecule has 0 aliphatic carbocycles. The fourth-order valence-corrected chi connectivity index (χ4v) is 2.91. The van der Waals surface area contributed by atoms with E-state index in [0.717, 1.165) is 0 Å². The van der Waals surface area contributed by atoms with Crippen LogP contribution in [-0.2, 0) is 13.6 Å². The zero-order valence-corrected chi connectivity index (χ0v) is 16.8. The van der Waals surface area contributed by atoms with Gasteiger partial charge in [-0.05, 0) is 36.6 Å². The molecule has 0 unspecified atom stereocenters. The van der Waals surface area contributed by atoms with Gasteiger partial charge in [0.15, 0.2) is 22.7 Å². The molecule has 0 saturated carbocycles. The number of benzene rings is 1. The van der Waals surface area contributed by atoms with Gasteiger partial charge in [-0.15, -0.1) is 0 Å². The summed E-state index contributed by atoms with van der Waals surface area (Å²) in [6, 6.07) is 4.87. The van der Waals surface area contributed by atoms with E-state index < -0.39 is 11.2 Å². The molecule has 0 aliphatic heterocycles. The van der Waals surface area contributed by atoms with Gasteiger partial charge in [-0.3, -0.25) is 14.3 Å². The number of aromatic hydroxyl groups is 1. The molecule has 2 aromatic heterocycles. The standard InChI is InChI=1S/C19H24N6O4/c1-5-29-14-8-12(6-7-13(14)26)9-20-23-18-21-16-15(25(18)10-11(2)3)17(27)22-19(28)24(16)4/h6-9,11,26H,5,10H2,1-4H3,(H,21,23)(H,22,27,28)/b20-9-. The lowest BCUT2D eigenvalue weighted by Gasteiger charge is -2.10. The van der Waals surface area contributed by atoms with Crippen LogP contribution in [0.15, 0.2) is 32.9 Å². The molecule has 3 rings (SSSR count). The van der Waals surface area contributed by atoms with Gasteiger partial charge in [0.2, 0.25) is 5.95 Å². The second-order valence-electron chi connectivity index (χ2n) is 6.96. The van der Waals surface area contributed by atoms with Crippen LogP contribution in [0.4, 0.5) is 5.95 Å². The molecule has 29 heavy (non-hydrogen) atoms. The molecule has 0 atom stereocenters. The zero-order valence-electron chi connectivity index (χ0n) is 16.8. The molecule has 3 N–H and O–H groups in total. The van der Waals surface area contributed by atoms with Crippen molar-refractivity contribution in [2.75, 3.05) is 12.0 Å². The Morgan fingerprint density at radius 3 is 2.83 bits per heavy atom. The number of imidazole rings is 1. The van der Waals surface area contributed by atoms with Gasteiger partial charge < -0.3 is 14.4 Å². The molecule has 154 valence electrons. The zero-order chi connectivity index (χ0) is 21.1. The van der Waals surface area contributed by atoms with E-state index in [2.05, 4.69) is 20.5 Å². The number of phenols is 1. The van der Waals surface area contributed by atoms with E-state index in [1.54, 1.807) is 30.0 Å². The summed E-state index contributed by atoms with van der Waals surface area (Å²) < 4.78 is 8.36. The van der Waals surface area contributed by atoms with E-state index >= 15 is 0 Å². The van der Waals surface area contributed by atoms with E-state index in [-0.39, 0.29) is 17.3 Å². The van der Waals surface area contributed by atoms with Gasteiger partial charge in [-0.2, -0.15) is 10.1 Å². The maximum atomic E-state index is 12.4. The van der Waals surface area contributed by atoms with Crippen LogP contribution in [0, 0.1) is 5.92 Å². The first-order valence-corrected chi connectivity index (χ1v) is 9.26. The highest BCUT2D eigenvalue weighted by molar-refractivity contribution is 5.81. The lowest BCUT2D eigenvalue weighted by molar-refractivity contribution is 0.318. The van der Waals surface area contributed by atoms with Gasteiger partial charge in [0.1, 0.15) is 0 Å². The van der Waals surface area contributed by atoms with Gasteiger partial charge >= 0.3 is 5.69 Å². The number of anilines is 1. The van der Waals surface area contributed by atoms with Crippen molar-refractivity contribution in [2.45, 2.75) is 27.3 Å². The van der Waals surface area contributed by atoms with Crippen LogP contribution in [0.5, 0.6) is 11.5 Å². The molecule has 3 aromatic rings. The van der Waals surface area contributed by atoms with Crippen molar-refractivity contribution in [1.82, 2.24) is 19.1 Å². The highest BCUT2D eigenvalue weighted by Crippen LogP contribution is 2.26. The average Bonchev–Trinajstić information content (AvgIpc) is 3.01. The molecule has 0 fully saturated rings. The van der Waals surface area contributed by atoms with E-state index in [4.69, 9.17) is 4.74 Å². The summed E-state index contributed by atoms with van der Waals surface area (Å²) in [6.45, 7) is 6.81. The van der Waals surface area contributed by atoms with E-state index in [1.165, 1.54) is 10.6 Å². The Hall–Kier alpha value is -3.56. The fourth-order valence-electron chi connectivity index (χ4n) is 2.91. The number of nitrogens with zero attached hydrogens (tertiary/aromatic N) is 4. The number of aromatic nitrogens is 4. The highest BCUT2D eigenvalue weighted by Gasteiger charge is 2.17. The number of hydrazone groups is 1. The number of phenolic OH excluding ortho intramolecular Hbond substituents is 1. The normalized spacial score (nSPS) is 11.6. The minimum atomic E-state index is -0.528. The maximum Gasteiger partial charge on any atom is 0.329 e. The molecule has 0 radical (unpaired) electrons. The molecule has 10 nitrogen and oxygen atoms in total. The van der Waals surface area contributed by atoms with Crippen molar-refractivity contribution in [3.63, 3.8) is 0 Å². The maximum absolute atomic E-state index is 12.4. The molecule has 1 aromatic carbocycles. The second-order valence-corrected chi connectivity index (χ2v) is 6.96. The highest BCUT2D eigenvalue weighted by atomic mass is 16.5. The number of hydrogen-bond acceptors (Lipinski definition) is 7. The quantitative estimate of drug-likeness (QED) is 0.409. The van der Waals surface area contributed by atoms with Crippen LogP contribution in [0.3, 0.4) is 0 Å². The molecular formula is C19H24N6O4. The van der Waals surface area contributed by atoms with Crippen molar-refractivity contribution in [3.8, 4) is 11.5 Å². The van der Waals surface area contributed by atoms with Crippen LogP contribution in [0.25, 0.3) is 11.2 Å². The Morgan fingerprint density at radius 1 is 1.38 bits per heavy atom. The largest absolute Gasteiger partial charge is 0.504 e. The van der Waals surface area contributed by atoms with Gasteiger partial charge in [-0.25, -0.2) is 10.2 Å². The molecular weight excluding hydrogens is 376 g/mol. The minimum absolute atomic E-state index is 0.0517. The molecule has 0 bridgehead atoms. The summed E-state index contributed by atoms with van der Waals surface area (Å²) in [4.78, 5) is 30.9. The van der Waals surface area contributed by atoms with Crippen molar-refractivity contribution >= 4 is 23.3 Å². The molecule has 0 aliphatic rings. The van der Waals surface area contributed by atoms with Gasteiger partial charge in [0.05, 0.1) is 12.8 Å². The van der Waals surface area contributed by atoms with Crippen LogP contribution < -0.4 is 21.4 Å². The summed E-state index contributed by atoms with van der Waals surface area (Å²) in [6.07, 6.45) is 1.55. The molecule has 0 amide bonds. The Kier molecular flexibility index (Phi) is 5.71. The molecule has 2 heterocycles. The number of hydrogen-bond donors (Lipinski definition) is 3. The summed E-state index contributed by atoms with van der Waals surface area (Å²) in [5.41, 5.74) is 3.11. The van der Waals surface area contributed by atoms with Crippen LogP contribution >= 0.6 is 0 Å². The summed E-state index contributed by atoms with van der Waals surface area (Å²) in [5.74, 6) is 1.00. The molecule has 0 spiro atoms. The van der Waals surface area contributed by atoms with Crippen molar-refractivity contribution < 1.29 is 9.84 Å². The van der Waals surface area contributed by atoms with Gasteiger partial charge in [-0.1, -0.05) is 13.8 Å². The number of fused-ring (bicyclic) bond motifs is 1. The number of H-pyrrole nitrogens is 1. The molecule has 10 heteroatoms. The number of nitrogens with one attached hydrogen (secondary N) is 2. The predicted molar refractivity (Wildman–Crippen MR) is 111 cm³/mol. The minimum Gasteiger partial charge on any atom is -0.504 e. The fraction of sp³-hybridized carbons (Fsp3) is 0.368. The van der Waals surface area contributed by atoms with Crippen LogP contribution in [0.1, 0.15) is 26.3 Å². The van der Waals surface area contributed by atoms with Crippen molar-refractivity contribution in [3.05, 3.63) is 44.6 Å². The first-order valence-electron chi connectivity index (χ1n) is 9.26. The predicted octanol–water partition coefficient (Wildman–Crippen LogP) is 1.63. The SMILES string of the molecule is CCOc1cc(/C=N\Nc2nc3c(c(=O)[nH]c(=O)n3C)n2CC(C)C)ccc1O. The van der Waals surface area contributed by atoms with Crippen LogP contribution in [-0.4, -0.2) is 37.0 Å². The first-order chi connectivity index (χ1) is 13.8. The smallest absolute Gasteiger partial charge is 0.329 e. The first kappa shape index (κ1) is 20.2. The topological polar surface area (TPSA) is 127 Å². The van der Waals surface area contributed by atoms with Crippen LogP contribution in [0.2, 0.25) is 0 Å². The monoisotopic (exact) mass is 400 g/mol. The average molecular weight is 400 g/mol. The summed E-state index contributed by atoms with van der Waals surface area (Å²) in [7, 11) is 1.55. The van der Waals surface area contributed by atoms with Gasteiger partial charge in [0.25, 0.3) is 5.56 Å². The summed E-state index contributed by atoms with van der Waals surface area (Å²) >= 11 is 0. The lowest BCUT2D eigenvalue weighted by atomic mass is 10.2. The third-order valence-corrected chi connectivity index (χ3v) is 4.22. The number of rotatable bonds is 7. The van der Waals surface area contributed by atoms with Gasteiger partial charge in [0, 0.05) is 13.6 Å². The Bertz CT molecular complexity index is 1170. The van der Waals surface area contributed by atoms with E-state index in [1.807, 2.05) is 20.8 Å². The van der Waals surface area contributed by atoms with E-state index in [0.29, 0.717) is 35.9 Å². The van der Waals surface area contributed by atoms with E-state index in [9.17, 15) is 14.7 Å². The number of ether oxygens (including phenoxy) is 1. The third-order valence-electron chi connectivity index (χ3n) is 4.22. The van der Waals surface area contributed by atoms with Crippen molar-refractivity contribution in [2.24, 2.45) is 18.1 Å². The third kappa shape index (κ3) is 4.15.